The average molecular weight is 723 g/mol. The first kappa shape index (κ1) is 39.1. The van der Waals surface area contributed by atoms with Crippen LogP contribution in [0.2, 0.25) is 0 Å². The number of carbonyl (C=O) groups excluding carboxylic acids is 2. The van der Waals surface area contributed by atoms with E-state index in [4.69, 9.17) is 4.74 Å². The number of benzene rings is 2. The SMILES string of the molecule is CC(C)c1nc(CN(C)C(O)N[C@H](C(=O)N[C@@H](Cc2ccccc2)C[C@H](O)[C@H](Cc2ccccc2)NC(=O)OCc2cncs2)C(C)C)cs1. The molecule has 0 bridgehead atoms. The fourth-order valence-electron chi connectivity index (χ4n) is 5.49. The van der Waals surface area contributed by atoms with Gasteiger partial charge in [-0.1, -0.05) is 88.4 Å². The van der Waals surface area contributed by atoms with E-state index in [0.29, 0.717) is 25.3 Å². The van der Waals surface area contributed by atoms with E-state index in [1.807, 2.05) is 79.9 Å². The van der Waals surface area contributed by atoms with Crippen LogP contribution in [0.5, 0.6) is 0 Å². The zero-order chi connectivity index (χ0) is 36.0. The summed E-state index contributed by atoms with van der Waals surface area (Å²) < 4.78 is 5.43. The third kappa shape index (κ3) is 12.6. The molecule has 0 radical (unpaired) electrons. The van der Waals surface area contributed by atoms with Gasteiger partial charge in [0.2, 0.25) is 5.91 Å². The highest BCUT2D eigenvalue weighted by Crippen LogP contribution is 2.20. The average Bonchev–Trinajstić information content (AvgIpc) is 3.79. The number of aromatic nitrogens is 2. The van der Waals surface area contributed by atoms with Gasteiger partial charge in [-0.2, -0.15) is 0 Å². The molecule has 270 valence electrons. The Labute approximate surface area is 303 Å². The predicted octanol–water partition coefficient (Wildman–Crippen LogP) is 5.06. The Hall–Kier alpha value is -3.72. The molecule has 0 fully saturated rings. The zero-order valence-electron chi connectivity index (χ0n) is 29.4. The van der Waals surface area contributed by atoms with Gasteiger partial charge in [0.15, 0.2) is 6.35 Å². The summed E-state index contributed by atoms with van der Waals surface area (Å²) in [7, 11) is 1.78. The van der Waals surface area contributed by atoms with Gasteiger partial charge in [-0.3, -0.25) is 20.0 Å². The fraction of sp³-hybridized carbons (Fsp3) is 0.459. The van der Waals surface area contributed by atoms with Gasteiger partial charge in [0.05, 0.1) is 39.3 Å². The molecule has 2 heterocycles. The second-order valence-corrected chi connectivity index (χ2v) is 15.1. The first-order valence-corrected chi connectivity index (χ1v) is 18.7. The number of hydrogen-bond donors (Lipinski definition) is 5. The van der Waals surface area contributed by atoms with Crippen LogP contribution in [0.3, 0.4) is 0 Å². The molecule has 4 aromatic rings. The van der Waals surface area contributed by atoms with Crippen molar-refractivity contribution in [3.8, 4) is 0 Å². The Bertz CT molecular complexity index is 1570. The molecule has 1 unspecified atom stereocenters. The van der Waals surface area contributed by atoms with E-state index in [1.54, 1.807) is 35.0 Å². The summed E-state index contributed by atoms with van der Waals surface area (Å²) in [4.78, 5) is 38.0. The lowest BCUT2D eigenvalue weighted by Crippen LogP contribution is -2.57. The predicted molar refractivity (Wildman–Crippen MR) is 198 cm³/mol. The Balaban J connectivity index is 1.46. The van der Waals surface area contributed by atoms with E-state index in [-0.39, 0.29) is 24.9 Å². The van der Waals surface area contributed by atoms with Gasteiger partial charge >= 0.3 is 6.09 Å². The van der Waals surface area contributed by atoms with Crippen LogP contribution in [0.15, 0.2) is 77.8 Å². The van der Waals surface area contributed by atoms with Crippen LogP contribution in [0, 0.1) is 5.92 Å². The highest BCUT2D eigenvalue weighted by Gasteiger charge is 2.31. The topological polar surface area (TPSA) is 149 Å². The van der Waals surface area contributed by atoms with Gasteiger partial charge in [-0.15, -0.1) is 22.7 Å². The molecule has 0 saturated carbocycles. The number of carbonyl (C=O) groups is 2. The largest absolute Gasteiger partial charge is 0.444 e. The monoisotopic (exact) mass is 722 g/mol. The fourth-order valence-corrected chi connectivity index (χ4v) is 6.83. The number of rotatable bonds is 19. The minimum atomic E-state index is -1.11. The van der Waals surface area contributed by atoms with Crippen LogP contribution < -0.4 is 16.0 Å². The van der Waals surface area contributed by atoms with Gasteiger partial charge < -0.3 is 25.6 Å². The Morgan fingerprint density at radius 2 is 1.58 bits per heavy atom. The molecule has 0 aliphatic rings. The molecular weight excluding hydrogens is 673 g/mol. The molecule has 2 aromatic carbocycles. The lowest BCUT2D eigenvalue weighted by atomic mass is 9.93. The van der Waals surface area contributed by atoms with Crippen molar-refractivity contribution in [3.05, 3.63) is 104 Å². The zero-order valence-corrected chi connectivity index (χ0v) is 31.0. The second-order valence-electron chi connectivity index (χ2n) is 13.2. The number of aliphatic hydroxyl groups excluding tert-OH is 2. The van der Waals surface area contributed by atoms with E-state index in [1.165, 1.54) is 11.3 Å². The number of hydrogen-bond acceptors (Lipinski definition) is 11. The first-order chi connectivity index (χ1) is 24.0. The Kier molecular flexibility index (Phi) is 15.3. The molecule has 0 spiro atoms. The maximum atomic E-state index is 13.9. The van der Waals surface area contributed by atoms with E-state index in [0.717, 1.165) is 26.7 Å². The summed E-state index contributed by atoms with van der Waals surface area (Å²) in [6, 6.07) is 17.4. The van der Waals surface area contributed by atoms with Crippen molar-refractivity contribution in [2.45, 2.75) is 96.6 Å². The number of nitrogens with zero attached hydrogens (tertiary/aromatic N) is 3. The number of thiazole rings is 2. The molecule has 11 nitrogen and oxygen atoms in total. The molecule has 2 amide bonds. The number of alkyl carbamates (subject to hydrolysis) is 1. The molecule has 0 aliphatic carbocycles. The van der Waals surface area contributed by atoms with Crippen molar-refractivity contribution in [2.75, 3.05) is 7.05 Å². The van der Waals surface area contributed by atoms with E-state index in [2.05, 4.69) is 39.8 Å². The minimum absolute atomic E-state index is 0.0741. The van der Waals surface area contributed by atoms with Gasteiger partial charge in [-0.25, -0.2) is 9.78 Å². The van der Waals surface area contributed by atoms with Crippen LogP contribution in [-0.4, -0.2) is 74.7 Å². The number of aliphatic hydroxyl groups is 2. The van der Waals surface area contributed by atoms with Crippen molar-refractivity contribution >= 4 is 34.7 Å². The van der Waals surface area contributed by atoms with Crippen LogP contribution in [0.4, 0.5) is 4.79 Å². The minimum Gasteiger partial charge on any atom is -0.444 e. The van der Waals surface area contributed by atoms with Crippen molar-refractivity contribution in [1.82, 2.24) is 30.8 Å². The van der Waals surface area contributed by atoms with Crippen molar-refractivity contribution in [1.29, 1.82) is 0 Å². The second kappa shape index (κ2) is 19.6. The maximum absolute atomic E-state index is 13.9. The molecule has 4 rings (SSSR count). The van der Waals surface area contributed by atoms with Crippen LogP contribution in [0.25, 0.3) is 0 Å². The molecular formula is C37H50N6O5S2. The quantitative estimate of drug-likeness (QED) is 0.0838. The van der Waals surface area contributed by atoms with Crippen molar-refractivity contribution in [2.24, 2.45) is 5.92 Å². The van der Waals surface area contributed by atoms with Crippen LogP contribution in [0.1, 0.15) is 66.7 Å². The first-order valence-electron chi connectivity index (χ1n) is 16.9. The molecule has 2 aromatic heterocycles. The van der Waals surface area contributed by atoms with Gasteiger partial charge in [0.25, 0.3) is 0 Å². The third-order valence-corrected chi connectivity index (χ3v) is 10.2. The Morgan fingerprint density at radius 1 is 0.920 bits per heavy atom. The highest BCUT2D eigenvalue weighted by atomic mass is 32.1. The highest BCUT2D eigenvalue weighted by molar-refractivity contribution is 7.09. The van der Waals surface area contributed by atoms with Crippen LogP contribution >= 0.6 is 22.7 Å². The van der Waals surface area contributed by atoms with Crippen molar-refractivity contribution in [3.63, 3.8) is 0 Å². The van der Waals surface area contributed by atoms with Gasteiger partial charge in [0, 0.05) is 30.1 Å². The smallest absolute Gasteiger partial charge is 0.407 e. The lowest BCUT2D eigenvalue weighted by Gasteiger charge is -2.32. The molecule has 5 N–H and O–H groups in total. The maximum Gasteiger partial charge on any atom is 0.407 e. The summed E-state index contributed by atoms with van der Waals surface area (Å²) in [6.45, 7) is 8.51. The standard InChI is InChI=1S/C37H50N6O5S2/c1-24(2)33(42-36(46)43(5)20-29-22-49-35(40-29)25(3)4)34(45)39-28(16-26-12-8-6-9-13-26)18-32(44)31(17-27-14-10-7-11-15-27)41-37(47)48-21-30-19-38-23-50-30/h6-15,19,22-25,28,31-33,36,42,44,46H,16-18,20-21H2,1-5H3,(H,39,45)(H,41,47)/t28-,31-,32-,33-,36?/m0/s1. The van der Waals surface area contributed by atoms with E-state index in [9.17, 15) is 19.8 Å². The Morgan fingerprint density at radius 3 is 2.16 bits per heavy atom. The summed E-state index contributed by atoms with van der Waals surface area (Å²) >= 11 is 2.99. The number of amides is 2. The third-order valence-electron chi connectivity index (χ3n) is 8.26. The molecule has 5 atom stereocenters. The van der Waals surface area contributed by atoms with Crippen molar-refractivity contribution < 1.29 is 24.5 Å². The van der Waals surface area contributed by atoms with Gasteiger partial charge in [0.1, 0.15) is 6.61 Å². The van der Waals surface area contributed by atoms with E-state index >= 15 is 0 Å². The molecule has 50 heavy (non-hydrogen) atoms. The number of ether oxygens (including phenoxy) is 1. The summed E-state index contributed by atoms with van der Waals surface area (Å²) in [6.07, 6.45) is -0.180. The normalized spacial score (nSPS) is 14.7. The summed E-state index contributed by atoms with van der Waals surface area (Å²) in [5, 5.41) is 34.9. The summed E-state index contributed by atoms with van der Waals surface area (Å²) in [5.74, 6) is -0.133. The van der Waals surface area contributed by atoms with E-state index < -0.39 is 36.7 Å². The lowest BCUT2D eigenvalue weighted by molar-refractivity contribution is -0.128. The molecule has 13 heteroatoms. The number of nitrogens with one attached hydrogen (secondary N) is 3. The van der Waals surface area contributed by atoms with Crippen LogP contribution in [-0.2, 0) is 35.5 Å². The molecule has 0 aliphatic heterocycles. The molecule has 0 saturated heterocycles. The summed E-state index contributed by atoms with van der Waals surface area (Å²) in [5.41, 5.74) is 4.45. The van der Waals surface area contributed by atoms with Gasteiger partial charge in [-0.05, 0) is 43.4 Å².